The monoisotopic (exact) mass is 335 g/mol. The summed E-state index contributed by atoms with van der Waals surface area (Å²) < 4.78 is 26.4. The lowest BCUT2D eigenvalue weighted by atomic mass is 10.0. The Kier molecular flexibility index (Phi) is 6.16. The fraction of sp³-hybridized carbons (Fsp3) is 0.278. The van der Waals surface area contributed by atoms with Crippen molar-refractivity contribution in [3.63, 3.8) is 0 Å². The van der Waals surface area contributed by atoms with Crippen LogP contribution in [0.2, 0.25) is 0 Å². The average Bonchev–Trinajstić information content (AvgIpc) is 2.52. The molecule has 0 unspecified atom stereocenters. The van der Waals surface area contributed by atoms with Crippen LogP contribution in [0, 0.1) is 18.6 Å². The summed E-state index contributed by atoms with van der Waals surface area (Å²) >= 11 is 1.06. The summed E-state index contributed by atoms with van der Waals surface area (Å²) in [5.41, 5.74) is 2.21. The highest BCUT2D eigenvalue weighted by Gasteiger charge is 2.14. The van der Waals surface area contributed by atoms with E-state index in [0.29, 0.717) is 0 Å². The van der Waals surface area contributed by atoms with Crippen molar-refractivity contribution in [3.05, 3.63) is 65.2 Å². The SMILES string of the molecule is CC[C@H](NC(=O)CSc1ccc(F)cc1F)c1ccc(C)cc1. The van der Waals surface area contributed by atoms with Crippen LogP contribution in [-0.2, 0) is 4.79 Å². The Morgan fingerprint density at radius 1 is 1.17 bits per heavy atom. The van der Waals surface area contributed by atoms with Gasteiger partial charge in [0.25, 0.3) is 0 Å². The smallest absolute Gasteiger partial charge is 0.230 e. The van der Waals surface area contributed by atoms with E-state index in [0.717, 1.165) is 35.4 Å². The zero-order valence-corrected chi connectivity index (χ0v) is 13.9. The van der Waals surface area contributed by atoms with Gasteiger partial charge in [0.05, 0.1) is 11.8 Å². The largest absolute Gasteiger partial charge is 0.349 e. The Balaban J connectivity index is 1.93. The molecule has 23 heavy (non-hydrogen) atoms. The van der Waals surface area contributed by atoms with Crippen LogP contribution in [0.4, 0.5) is 8.78 Å². The Hall–Kier alpha value is -1.88. The van der Waals surface area contributed by atoms with Gasteiger partial charge in [0.2, 0.25) is 5.91 Å². The summed E-state index contributed by atoms with van der Waals surface area (Å²) in [7, 11) is 0. The van der Waals surface area contributed by atoms with Crippen molar-refractivity contribution in [2.75, 3.05) is 5.75 Å². The number of rotatable bonds is 6. The Morgan fingerprint density at radius 3 is 2.48 bits per heavy atom. The number of nitrogens with one attached hydrogen (secondary N) is 1. The molecule has 1 N–H and O–H groups in total. The van der Waals surface area contributed by atoms with E-state index >= 15 is 0 Å². The van der Waals surface area contributed by atoms with Crippen LogP contribution in [0.1, 0.15) is 30.5 Å². The second-order valence-electron chi connectivity index (χ2n) is 5.30. The number of hydrogen-bond donors (Lipinski definition) is 1. The summed E-state index contributed by atoms with van der Waals surface area (Å²) in [6, 6.07) is 11.3. The van der Waals surface area contributed by atoms with Gasteiger partial charge >= 0.3 is 0 Å². The number of hydrogen-bond acceptors (Lipinski definition) is 2. The molecule has 1 atom stereocenters. The predicted octanol–water partition coefficient (Wildman–Crippen LogP) is 4.63. The van der Waals surface area contributed by atoms with Crippen LogP contribution < -0.4 is 5.32 Å². The zero-order chi connectivity index (χ0) is 16.8. The van der Waals surface area contributed by atoms with Gasteiger partial charge in [-0.25, -0.2) is 8.78 Å². The topological polar surface area (TPSA) is 29.1 Å². The normalized spacial score (nSPS) is 12.0. The van der Waals surface area contributed by atoms with Gasteiger partial charge in [-0.2, -0.15) is 0 Å². The van der Waals surface area contributed by atoms with E-state index < -0.39 is 11.6 Å². The first-order chi connectivity index (χ1) is 11.0. The Bertz CT molecular complexity index is 673. The van der Waals surface area contributed by atoms with Crippen molar-refractivity contribution >= 4 is 17.7 Å². The quantitative estimate of drug-likeness (QED) is 0.780. The Morgan fingerprint density at radius 2 is 1.87 bits per heavy atom. The molecular formula is C18H19F2NOS. The molecule has 0 aliphatic heterocycles. The number of carbonyl (C=O) groups excluding carboxylic acids is 1. The molecule has 2 aromatic rings. The molecule has 0 radical (unpaired) electrons. The highest BCUT2D eigenvalue weighted by Crippen LogP contribution is 2.23. The first-order valence-electron chi connectivity index (χ1n) is 7.43. The molecule has 2 nitrogen and oxygen atoms in total. The van der Waals surface area contributed by atoms with Crippen LogP contribution in [-0.4, -0.2) is 11.7 Å². The van der Waals surface area contributed by atoms with Crippen molar-refractivity contribution < 1.29 is 13.6 Å². The minimum absolute atomic E-state index is 0.0678. The molecule has 0 saturated carbocycles. The third-order valence-electron chi connectivity index (χ3n) is 3.48. The maximum atomic E-state index is 13.5. The number of halogens is 2. The summed E-state index contributed by atoms with van der Waals surface area (Å²) in [5, 5.41) is 2.95. The third kappa shape index (κ3) is 5.06. The van der Waals surface area contributed by atoms with Gasteiger partial charge in [0, 0.05) is 11.0 Å². The van der Waals surface area contributed by atoms with Gasteiger partial charge < -0.3 is 5.32 Å². The van der Waals surface area contributed by atoms with Crippen molar-refractivity contribution in [3.8, 4) is 0 Å². The minimum atomic E-state index is -0.645. The molecule has 1 amide bonds. The van der Waals surface area contributed by atoms with Crippen LogP contribution >= 0.6 is 11.8 Å². The molecule has 2 aromatic carbocycles. The summed E-state index contributed by atoms with van der Waals surface area (Å²) in [6.45, 7) is 4.01. The van der Waals surface area contributed by atoms with E-state index in [1.165, 1.54) is 12.1 Å². The maximum absolute atomic E-state index is 13.5. The molecule has 0 aromatic heterocycles. The fourth-order valence-corrected chi connectivity index (χ4v) is 2.92. The van der Waals surface area contributed by atoms with Crippen LogP contribution in [0.25, 0.3) is 0 Å². The van der Waals surface area contributed by atoms with Crippen molar-refractivity contribution in [2.24, 2.45) is 0 Å². The standard InChI is InChI=1S/C18H19F2NOS/c1-3-16(13-6-4-12(2)5-7-13)21-18(22)11-23-17-9-8-14(19)10-15(17)20/h4-10,16H,3,11H2,1-2H3,(H,21,22)/t16-/m0/s1. The third-order valence-corrected chi connectivity index (χ3v) is 4.52. The van der Waals surface area contributed by atoms with E-state index in [1.807, 2.05) is 38.1 Å². The average molecular weight is 335 g/mol. The molecule has 0 spiro atoms. The van der Waals surface area contributed by atoms with Gasteiger partial charge in [-0.1, -0.05) is 36.8 Å². The van der Waals surface area contributed by atoms with Gasteiger partial charge in [0.15, 0.2) is 0 Å². The van der Waals surface area contributed by atoms with Gasteiger partial charge in [-0.3, -0.25) is 4.79 Å². The molecule has 0 heterocycles. The van der Waals surface area contributed by atoms with Gasteiger partial charge in [-0.15, -0.1) is 11.8 Å². The van der Waals surface area contributed by atoms with Crippen molar-refractivity contribution in [1.82, 2.24) is 5.32 Å². The molecule has 0 bridgehead atoms. The fourth-order valence-electron chi connectivity index (χ4n) is 2.19. The van der Waals surface area contributed by atoms with E-state index in [-0.39, 0.29) is 22.6 Å². The number of amides is 1. The molecule has 0 fully saturated rings. The molecule has 0 aliphatic rings. The number of thioether (sulfide) groups is 1. The van der Waals surface area contributed by atoms with Crippen molar-refractivity contribution in [1.29, 1.82) is 0 Å². The van der Waals surface area contributed by atoms with Crippen LogP contribution in [0.5, 0.6) is 0 Å². The lowest BCUT2D eigenvalue weighted by molar-refractivity contribution is -0.119. The summed E-state index contributed by atoms with van der Waals surface area (Å²) in [6.07, 6.45) is 0.768. The van der Waals surface area contributed by atoms with Gasteiger partial charge in [0.1, 0.15) is 11.6 Å². The van der Waals surface area contributed by atoms with Crippen LogP contribution in [0.15, 0.2) is 47.4 Å². The van der Waals surface area contributed by atoms with E-state index in [4.69, 9.17) is 0 Å². The lowest BCUT2D eigenvalue weighted by Gasteiger charge is -2.17. The second kappa shape index (κ2) is 8.11. The number of aryl methyl sites for hydroxylation is 1. The Labute approximate surface area is 139 Å². The molecule has 2 rings (SSSR count). The van der Waals surface area contributed by atoms with Gasteiger partial charge in [-0.05, 0) is 31.0 Å². The highest BCUT2D eigenvalue weighted by atomic mass is 32.2. The van der Waals surface area contributed by atoms with E-state index in [9.17, 15) is 13.6 Å². The predicted molar refractivity (Wildman–Crippen MR) is 89.4 cm³/mol. The molecule has 0 aliphatic carbocycles. The van der Waals surface area contributed by atoms with E-state index in [1.54, 1.807) is 0 Å². The molecular weight excluding hydrogens is 316 g/mol. The maximum Gasteiger partial charge on any atom is 0.230 e. The van der Waals surface area contributed by atoms with Crippen LogP contribution in [0.3, 0.4) is 0 Å². The first-order valence-corrected chi connectivity index (χ1v) is 8.42. The number of carbonyl (C=O) groups is 1. The highest BCUT2D eigenvalue weighted by molar-refractivity contribution is 8.00. The molecule has 0 saturated heterocycles. The summed E-state index contributed by atoms with van der Waals surface area (Å²) in [5.74, 6) is -1.36. The molecule has 122 valence electrons. The summed E-state index contributed by atoms with van der Waals surface area (Å²) in [4.78, 5) is 12.3. The molecule has 5 heteroatoms. The number of benzene rings is 2. The minimum Gasteiger partial charge on any atom is -0.349 e. The second-order valence-corrected chi connectivity index (χ2v) is 6.32. The first kappa shape index (κ1) is 17.5. The lowest BCUT2D eigenvalue weighted by Crippen LogP contribution is -2.29. The zero-order valence-electron chi connectivity index (χ0n) is 13.1. The van der Waals surface area contributed by atoms with Crippen molar-refractivity contribution in [2.45, 2.75) is 31.2 Å². The van der Waals surface area contributed by atoms with E-state index in [2.05, 4.69) is 5.32 Å².